The Morgan fingerprint density at radius 2 is 1.81 bits per heavy atom. The van der Waals surface area contributed by atoms with E-state index in [1.165, 1.54) is 0 Å². The van der Waals surface area contributed by atoms with Crippen LogP contribution in [0.25, 0.3) is 11.0 Å². The SMILES string of the molecule is CCn1c(SCc2ccc(C(N)=O)cc2)nc2cc(S(=O)(=O)N3CCCCC3)ccc21. The fraction of sp³-hybridized carbons (Fsp3) is 0.364. The first-order valence-electron chi connectivity index (χ1n) is 10.4. The van der Waals surface area contributed by atoms with Crippen molar-refractivity contribution in [2.45, 2.75) is 48.5 Å². The van der Waals surface area contributed by atoms with Gasteiger partial charge in [0.25, 0.3) is 0 Å². The Hall–Kier alpha value is -2.36. The van der Waals surface area contributed by atoms with Gasteiger partial charge in [-0.1, -0.05) is 30.3 Å². The molecule has 31 heavy (non-hydrogen) atoms. The highest BCUT2D eigenvalue weighted by Crippen LogP contribution is 2.29. The maximum Gasteiger partial charge on any atom is 0.248 e. The van der Waals surface area contributed by atoms with E-state index < -0.39 is 15.9 Å². The van der Waals surface area contributed by atoms with Gasteiger partial charge in [-0.05, 0) is 55.7 Å². The summed E-state index contributed by atoms with van der Waals surface area (Å²) in [5.41, 5.74) is 8.44. The summed E-state index contributed by atoms with van der Waals surface area (Å²) >= 11 is 1.58. The summed E-state index contributed by atoms with van der Waals surface area (Å²) in [6, 6.07) is 12.4. The Bertz CT molecular complexity index is 1200. The molecule has 4 rings (SSSR count). The first kappa shape index (κ1) is 21.9. The van der Waals surface area contributed by atoms with E-state index in [0.717, 1.165) is 42.0 Å². The molecule has 7 nitrogen and oxygen atoms in total. The van der Waals surface area contributed by atoms with Crippen molar-refractivity contribution in [2.75, 3.05) is 13.1 Å². The van der Waals surface area contributed by atoms with Gasteiger partial charge in [0.1, 0.15) is 0 Å². The van der Waals surface area contributed by atoms with Crippen molar-refractivity contribution in [3.63, 3.8) is 0 Å². The average Bonchev–Trinajstić information content (AvgIpc) is 3.15. The normalized spacial score (nSPS) is 15.4. The number of hydrogen-bond donors (Lipinski definition) is 1. The zero-order valence-corrected chi connectivity index (χ0v) is 19.1. The molecule has 0 unspecified atom stereocenters. The number of hydrogen-bond acceptors (Lipinski definition) is 5. The van der Waals surface area contributed by atoms with Crippen LogP contribution in [-0.2, 0) is 22.3 Å². The van der Waals surface area contributed by atoms with Gasteiger partial charge in [0, 0.05) is 31.0 Å². The molecule has 1 aliphatic rings. The Morgan fingerprint density at radius 1 is 1.10 bits per heavy atom. The summed E-state index contributed by atoms with van der Waals surface area (Å²) in [4.78, 5) is 16.3. The number of amides is 1. The lowest BCUT2D eigenvalue weighted by molar-refractivity contribution is 0.100. The monoisotopic (exact) mass is 458 g/mol. The van der Waals surface area contributed by atoms with Gasteiger partial charge in [-0.2, -0.15) is 4.31 Å². The summed E-state index contributed by atoms with van der Waals surface area (Å²) in [5, 5.41) is 0.837. The number of piperidine rings is 1. The van der Waals surface area contributed by atoms with Gasteiger partial charge in [-0.15, -0.1) is 0 Å². The molecular weight excluding hydrogens is 432 g/mol. The highest BCUT2D eigenvalue weighted by Gasteiger charge is 2.26. The molecule has 0 radical (unpaired) electrons. The fourth-order valence-corrected chi connectivity index (χ4v) is 6.40. The molecule has 2 N–H and O–H groups in total. The first-order chi connectivity index (χ1) is 14.9. The van der Waals surface area contributed by atoms with E-state index in [2.05, 4.69) is 4.57 Å². The number of aryl methyl sites for hydroxylation is 1. The number of carbonyl (C=O) groups excluding carboxylic acids is 1. The lowest BCUT2D eigenvalue weighted by Crippen LogP contribution is -2.35. The van der Waals surface area contributed by atoms with Crippen molar-refractivity contribution >= 4 is 38.7 Å². The zero-order chi connectivity index (χ0) is 22.0. The third-order valence-electron chi connectivity index (χ3n) is 5.56. The second kappa shape index (κ2) is 9.02. The van der Waals surface area contributed by atoms with Crippen LogP contribution < -0.4 is 5.73 Å². The number of nitrogens with two attached hydrogens (primary N) is 1. The minimum atomic E-state index is -3.49. The molecule has 1 saturated heterocycles. The van der Waals surface area contributed by atoms with Crippen molar-refractivity contribution in [1.29, 1.82) is 0 Å². The van der Waals surface area contributed by atoms with Crippen LogP contribution in [0.5, 0.6) is 0 Å². The van der Waals surface area contributed by atoms with Gasteiger partial charge >= 0.3 is 0 Å². The number of rotatable bonds is 7. The number of aromatic nitrogens is 2. The highest BCUT2D eigenvalue weighted by atomic mass is 32.2. The molecule has 3 aromatic rings. The van der Waals surface area contributed by atoms with Crippen LogP contribution in [0.3, 0.4) is 0 Å². The number of nitrogens with zero attached hydrogens (tertiary/aromatic N) is 3. The Kier molecular flexibility index (Phi) is 6.36. The number of fused-ring (bicyclic) bond motifs is 1. The molecule has 9 heteroatoms. The summed E-state index contributed by atoms with van der Waals surface area (Å²) in [6.07, 6.45) is 2.90. The third-order valence-corrected chi connectivity index (χ3v) is 8.50. The van der Waals surface area contributed by atoms with Gasteiger partial charge in [0.2, 0.25) is 15.9 Å². The topological polar surface area (TPSA) is 98.3 Å². The Morgan fingerprint density at radius 3 is 2.45 bits per heavy atom. The molecule has 0 aliphatic carbocycles. The number of thioether (sulfide) groups is 1. The fourth-order valence-electron chi connectivity index (χ4n) is 3.83. The van der Waals surface area contributed by atoms with Crippen molar-refractivity contribution < 1.29 is 13.2 Å². The molecule has 0 saturated carbocycles. The number of sulfonamides is 1. The maximum absolute atomic E-state index is 13.0. The molecule has 1 fully saturated rings. The van der Waals surface area contributed by atoms with Crippen molar-refractivity contribution in [1.82, 2.24) is 13.9 Å². The Labute approximate surface area is 186 Å². The van der Waals surface area contributed by atoms with Gasteiger partial charge in [0.05, 0.1) is 15.9 Å². The molecule has 1 amide bonds. The van der Waals surface area contributed by atoms with Gasteiger partial charge in [-0.3, -0.25) is 4.79 Å². The molecule has 2 aromatic carbocycles. The number of primary amides is 1. The number of imidazole rings is 1. The molecule has 0 spiro atoms. The average molecular weight is 459 g/mol. The van der Waals surface area contributed by atoms with E-state index in [1.807, 2.05) is 25.1 Å². The molecular formula is C22H26N4O3S2. The molecule has 1 aromatic heterocycles. The van der Waals surface area contributed by atoms with Gasteiger partial charge in [-0.25, -0.2) is 13.4 Å². The summed E-state index contributed by atoms with van der Waals surface area (Å²) in [5.74, 6) is 0.240. The minimum absolute atomic E-state index is 0.307. The highest BCUT2D eigenvalue weighted by molar-refractivity contribution is 7.98. The predicted molar refractivity (Wildman–Crippen MR) is 123 cm³/mol. The van der Waals surface area contributed by atoms with E-state index in [4.69, 9.17) is 10.7 Å². The maximum atomic E-state index is 13.0. The van der Waals surface area contributed by atoms with Crippen LogP contribution >= 0.6 is 11.8 Å². The molecule has 2 heterocycles. The van der Waals surface area contributed by atoms with E-state index in [0.29, 0.717) is 34.8 Å². The quantitative estimate of drug-likeness (QED) is 0.545. The first-order valence-corrected chi connectivity index (χ1v) is 12.8. The standard InChI is InChI=1S/C22H26N4O3S2/c1-2-26-20-11-10-18(31(28,29)25-12-4-3-5-13-25)14-19(20)24-22(26)30-15-16-6-8-17(9-7-16)21(23)27/h6-11,14H,2-5,12-13,15H2,1H3,(H2,23,27). The lowest BCUT2D eigenvalue weighted by Gasteiger charge is -2.25. The van der Waals surface area contributed by atoms with Crippen molar-refractivity contribution in [2.24, 2.45) is 5.73 Å². The van der Waals surface area contributed by atoms with Crippen LogP contribution in [0.2, 0.25) is 0 Å². The minimum Gasteiger partial charge on any atom is -0.366 e. The van der Waals surface area contributed by atoms with Crippen LogP contribution in [0, 0.1) is 0 Å². The zero-order valence-electron chi connectivity index (χ0n) is 17.5. The van der Waals surface area contributed by atoms with Crippen molar-refractivity contribution in [3.05, 3.63) is 53.6 Å². The van der Waals surface area contributed by atoms with E-state index in [-0.39, 0.29) is 0 Å². The lowest BCUT2D eigenvalue weighted by atomic mass is 10.1. The molecule has 164 valence electrons. The van der Waals surface area contributed by atoms with E-state index in [9.17, 15) is 13.2 Å². The van der Waals surface area contributed by atoms with Gasteiger partial charge < -0.3 is 10.3 Å². The Balaban J connectivity index is 1.59. The van der Waals surface area contributed by atoms with Crippen LogP contribution in [0.15, 0.2) is 52.5 Å². The smallest absolute Gasteiger partial charge is 0.248 e. The number of carbonyl (C=O) groups is 1. The third kappa shape index (κ3) is 4.49. The second-order valence-electron chi connectivity index (χ2n) is 7.60. The second-order valence-corrected chi connectivity index (χ2v) is 10.5. The van der Waals surface area contributed by atoms with Crippen LogP contribution in [0.1, 0.15) is 42.1 Å². The van der Waals surface area contributed by atoms with E-state index >= 15 is 0 Å². The van der Waals surface area contributed by atoms with Gasteiger partial charge in [0.15, 0.2) is 5.16 Å². The van der Waals surface area contributed by atoms with Crippen LogP contribution in [0.4, 0.5) is 0 Å². The summed E-state index contributed by atoms with van der Waals surface area (Å²) in [7, 11) is -3.49. The van der Waals surface area contributed by atoms with Crippen molar-refractivity contribution in [3.8, 4) is 0 Å². The largest absolute Gasteiger partial charge is 0.366 e. The van der Waals surface area contributed by atoms with Crippen LogP contribution in [-0.4, -0.2) is 41.3 Å². The van der Waals surface area contributed by atoms with E-state index in [1.54, 1.807) is 40.3 Å². The molecule has 0 atom stereocenters. The summed E-state index contributed by atoms with van der Waals surface area (Å²) < 4.78 is 29.7. The summed E-state index contributed by atoms with van der Waals surface area (Å²) in [6.45, 7) is 3.95. The number of benzene rings is 2. The predicted octanol–water partition coefficient (Wildman–Crippen LogP) is 3.62. The molecule has 1 aliphatic heterocycles. The molecule has 0 bridgehead atoms.